The minimum Gasteiger partial charge on any atom is -0.333 e. The minimum absolute atomic E-state index is 0.194. The van der Waals surface area contributed by atoms with Crippen LogP contribution >= 0.6 is 0 Å². The summed E-state index contributed by atoms with van der Waals surface area (Å²) < 4.78 is 1.39. The molecular weight excluding hydrogens is 204 g/mol. The lowest BCUT2D eigenvalue weighted by Gasteiger charge is -2.07. The molecule has 2 rings (SSSR count). The van der Waals surface area contributed by atoms with E-state index >= 15 is 0 Å². The first-order chi connectivity index (χ1) is 7.77. The average molecular weight is 216 g/mol. The SMILES string of the molecule is Cc1ccncc1CNC(=O)n1ccnc1. The predicted molar refractivity (Wildman–Crippen MR) is 58.8 cm³/mol. The average Bonchev–Trinajstić information content (AvgIpc) is 2.81. The molecule has 2 aromatic heterocycles. The third kappa shape index (κ3) is 2.25. The second-order valence-electron chi connectivity index (χ2n) is 3.43. The van der Waals surface area contributed by atoms with Gasteiger partial charge in [0.15, 0.2) is 0 Å². The van der Waals surface area contributed by atoms with Crippen molar-refractivity contribution < 1.29 is 4.79 Å². The molecule has 0 atom stereocenters. The molecule has 2 heterocycles. The van der Waals surface area contributed by atoms with Gasteiger partial charge in [-0.25, -0.2) is 9.78 Å². The third-order valence-corrected chi connectivity index (χ3v) is 2.32. The first-order valence-electron chi connectivity index (χ1n) is 4.93. The number of hydrogen-bond donors (Lipinski definition) is 1. The van der Waals surface area contributed by atoms with Gasteiger partial charge >= 0.3 is 6.03 Å². The van der Waals surface area contributed by atoms with Gasteiger partial charge in [-0.15, -0.1) is 0 Å². The van der Waals surface area contributed by atoms with Crippen molar-refractivity contribution in [2.24, 2.45) is 0 Å². The zero-order valence-corrected chi connectivity index (χ0v) is 8.92. The summed E-state index contributed by atoms with van der Waals surface area (Å²) in [5.41, 5.74) is 2.12. The van der Waals surface area contributed by atoms with E-state index in [4.69, 9.17) is 0 Å². The normalized spacial score (nSPS) is 10.1. The standard InChI is InChI=1S/C11H12N4O/c1-9-2-3-12-6-10(9)7-14-11(16)15-5-4-13-8-15/h2-6,8H,7H2,1H3,(H,14,16). The van der Waals surface area contributed by atoms with E-state index in [1.165, 1.54) is 10.9 Å². The van der Waals surface area contributed by atoms with E-state index in [0.29, 0.717) is 6.54 Å². The summed E-state index contributed by atoms with van der Waals surface area (Å²) in [4.78, 5) is 19.4. The Morgan fingerprint density at radius 2 is 2.31 bits per heavy atom. The third-order valence-electron chi connectivity index (χ3n) is 2.32. The van der Waals surface area contributed by atoms with Crippen LogP contribution in [0, 0.1) is 6.92 Å². The molecular formula is C11H12N4O. The van der Waals surface area contributed by atoms with Crippen molar-refractivity contribution in [2.45, 2.75) is 13.5 Å². The van der Waals surface area contributed by atoms with Crippen LogP contribution in [0.2, 0.25) is 0 Å². The molecule has 0 bridgehead atoms. The van der Waals surface area contributed by atoms with Crippen molar-refractivity contribution in [3.05, 3.63) is 48.3 Å². The van der Waals surface area contributed by atoms with E-state index in [1.807, 2.05) is 13.0 Å². The fraction of sp³-hybridized carbons (Fsp3) is 0.182. The number of nitrogens with zero attached hydrogens (tertiary/aromatic N) is 3. The topological polar surface area (TPSA) is 59.8 Å². The van der Waals surface area contributed by atoms with Gasteiger partial charge in [0.25, 0.3) is 0 Å². The highest BCUT2D eigenvalue weighted by Crippen LogP contribution is 2.03. The number of imidazole rings is 1. The van der Waals surface area contributed by atoms with Gasteiger partial charge in [0.05, 0.1) is 0 Å². The summed E-state index contributed by atoms with van der Waals surface area (Å²) >= 11 is 0. The van der Waals surface area contributed by atoms with Crippen LogP contribution in [0.3, 0.4) is 0 Å². The number of nitrogens with one attached hydrogen (secondary N) is 1. The minimum atomic E-state index is -0.194. The van der Waals surface area contributed by atoms with Crippen molar-refractivity contribution in [3.8, 4) is 0 Å². The summed E-state index contributed by atoms with van der Waals surface area (Å²) in [5, 5.41) is 2.79. The Morgan fingerprint density at radius 3 is 3.00 bits per heavy atom. The Kier molecular flexibility index (Phi) is 2.95. The van der Waals surface area contributed by atoms with Gasteiger partial charge < -0.3 is 5.32 Å². The molecule has 0 unspecified atom stereocenters. The maximum absolute atomic E-state index is 11.6. The van der Waals surface area contributed by atoms with Gasteiger partial charge in [0.1, 0.15) is 6.33 Å². The van der Waals surface area contributed by atoms with E-state index in [9.17, 15) is 4.79 Å². The highest BCUT2D eigenvalue weighted by molar-refractivity contribution is 5.76. The van der Waals surface area contributed by atoms with E-state index in [2.05, 4.69) is 15.3 Å². The van der Waals surface area contributed by atoms with Crippen molar-refractivity contribution in [1.82, 2.24) is 19.9 Å². The molecule has 2 aromatic rings. The van der Waals surface area contributed by atoms with E-state index in [0.717, 1.165) is 11.1 Å². The number of carbonyl (C=O) groups is 1. The Balaban J connectivity index is 1.98. The lowest BCUT2D eigenvalue weighted by molar-refractivity contribution is 0.242. The van der Waals surface area contributed by atoms with Crippen LogP contribution in [0.5, 0.6) is 0 Å². The van der Waals surface area contributed by atoms with Crippen LogP contribution in [0.1, 0.15) is 11.1 Å². The van der Waals surface area contributed by atoms with Gasteiger partial charge in [-0.1, -0.05) is 0 Å². The van der Waals surface area contributed by atoms with Gasteiger partial charge in [0.2, 0.25) is 0 Å². The molecule has 5 heteroatoms. The van der Waals surface area contributed by atoms with Crippen LogP contribution in [0.15, 0.2) is 37.2 Å². The molecule has 0 radical (unpaired) electrons. The maximum Gasteiger partial charge on any atom is 0.327 e. The van der Waals surface area contributed by atoms with Crippen molar-refractivity contribution in [3.63, 3.8) is 0 Å². The summed E-state index contributed by atoms with van der Waals surface area (Å²) in [6.45, 7) is 2.46. The van der Waals surface area contributed by atoms with Gasteiger partial charge in [-0.3, -0.25) is 9.55 Å². The van der Waals surface area contributed by atoms with Crippen LogP contribution in [0.25, 0.3) is 0 Å². The second kappa shape index (κ2) is 4.57. The molecule has 0 fully saturated rings. The van der Waals surface area contributed by atoms with Crippen LogP contribution in [-0.2, 0) is 6.54 Å². The molecule has 0 saturated carbocycles. The zero-order chi connectivity index (χ0) is 11.4. The lowest BCUT2D eigenvalue weighted by Crippen LogP contribution is -2.27. The number of carbonyl (C=O) groups excluding carboxylic acids is 1. The first-order valence-corrected chi connectivity index (χ1v) is 4.93. The Hall–Kier alpha value is -2.17. The Bertz CT molecular complexity index is 478. The van der Waals surface area contributed by atoms with E-state index < -0.39 is 0 Å². The predicted octanol–water partition coefficient (Wildman–Crippen LogP) is 1.34. The Labute approximate surface area is 93.2 Å². The van der Waals surface area contributed by atoms with Crippen molar-refractivity contribution in [1.29, 1.82) is 0 Å². The summed E-state index contributed by atoms with van der Waals surface area (Å²) in [5.74, 6) is 0. The molecule has 1 N–H and O–H groups in total. The molecule has 1 amide bonds. The summed E-state index contributed by atoms with van der Waals surface area (Å²) in [7, 11) is 0. The number of aromatic nitrogens is 3. The van der Waals surface area contributed by atoms with E-state index in [-0.39, 0.29) is 6.03 Å². The van der Waals surface area contributed by atoms with Crippen molar-refractivity contribution in [2.75, 3.05) is 0 Å². The highest BCUT2D eigenvalue weighted by Gasteiger charge is 2.03. The van der Waals surface area contributed by atoms with Crippen LogP contribution < -0.4 is 5.32 Å². The fourth-order valence-corrected chi connectivity index (χ4v) is 1.32. The number of rotatable bonds is 2. The highest BCUT2D eigenvalue weighted by atomic mass is 16.2. The van der Waals surface area contributed by atoms with Gasteiger partial charge in [0, 0.05) is 31.3 Å². The number of hydrogen-bond acceptors (Lipinski definition) is 3. The fourth-order valence-electron chi connectivity index (χ4n) is 1.32. The smallest absolute Gasteiger partial charge is 0.327 e. The van der Waals surface area contributed by atoms with Crippen LogP contribution in [-0.4, -0.2) is 20.6 Å². The molecule has 0 aliphatic carbocycles. The largest absolute Gasteiger partial charge is 0.333 e. The molecule has 82 valence electrons. The molecule has 0 spiro atoms. The van der Waals surface area contributed by atoms with Crippen molar-refractivity contribution >= 4 is 6.03 Å². The summed E-state index contributed by atoms with van der Waals surface area (Å²) in [6, 6.07) is 1.72. The second-order valence-corrected chi connectivity index (χ2v) is 3.43. The monoisotopic (exact) mass is 216 g/mol. The zero-order valence-electron chi connectivity index (χ0n) is 8.92. The number of amides is 1. The summed E-state index contributed by atoms with van der Waals surface area (Å²) in [6.07, 6.45) is 8.12. The van der Waals surface area contributed by atoms with Gasteiger partial charge in [-0.05, 0) is 24.1 Å². The van der Waals surface area contributed by atoms with Gasteiger partial charge in [-0.2, -0.15) is 0 Å². The van der Waals surface area contributed by atoms with E-state index in [1.54, 1.807) is 24.8 Å². The lowest BCUT2D eigenvalue weighted by atomic mass is 10.2. The molecule has 5 nitrogen and oxygen atoms in total. The molecule has 0 aliphatic rings. The first kappa shape index (κ1) is 10.4. The van der Waals surface area contributed by atoms with Crippen LogP contribution in [0.4, 0.5) is 4.79 Å². The molecule has 16 heavy (non-hydrogen) atoms. The Morgan fingerprint density at radius 1 is 1.44 bits per heavy atom. The molecule has 0 aromatic carbocycles. The number of aryl methyl sites for hydroxylation is 1. The molecule has 0 saturated heterocycles. The quantitative estimate of drug-likeness (QED) is 0.824. The maximum atomic E-state index is 11.6. The molecule has 0 aliphatic heterocycles. The number of pyridine rings is 1.